The van der Waals surface area contributed by atoms with Gasteiger partial charge in [-0.05, 0) is 45.6 Å². The third-order valence-electron chi connectivity index (χ3n) is 4.83. The van der Waals surface area contributed by atoms with E-state index >= 15 is 0 Å². The van der Waals surface area contributed by atoms with Gasteiger partial charge in [-0.1, -0.05) is 26.2 Å². The second-order valence-electron chi connectivity index (χ2n) is 6.93. The van der Waals surface area contributed by atoms with Gasteiger partial charge in [-0.2, -0.15) is 0 Å². The summed E-state index contributed by atoms with van der Waals surface area (Å²) in [6.45, 7) is 11.3. The molecule has 3 atom stereocenters. The highest BCUT2D eigenvalue weighted by atomic mass is 16.5. The van der Waals surface area contributed by atoms with E-state index in [0.29, 0.717) is 18.2 Å². The lowest BCUT2D eigenvalue weighted by molar-refractivity contribution is -0.0716. The van der Waals surface area contributed by atoms with Gasteiger partial charge < -0.3 is 10.1 Å². The SMILES string of the molecule is CCCNC(CN1C[C@@H](C)O[C@@H](C)C1)C1CCCCC1. The van der Waals surface area contributed by atoms with E-state index in [4.69, 9.17) is 4.74 Å². The van der Waals surface area contributed by atoms with Crippen LogP contribution in [0.5, 0.6) is 0 Å². The van der Waals surface area contributed by atoms with E-state index < -0.39 is 0 Å². The Balaban J connectivity index is 1.88. The quantitative estimate of drug-likeness (QED) is 0.810. The van der Waals surface area contributed by atoms with E-state index in [9.17, 15) is 0 Å². The number of hydrogen-bond donors (Lipinski definition) is 1. The van der Waals surface area contributed by atoms with Gasteiger partial charge in [0.1, 0.15) is 0 Å². The van der Waals surface area contributed by atoms with Crippen molar-refractivity contribution in [2.45, 2.75) is 77.5 Å². The van der Waals surface area contributed by atoms with Gasteiger partial charge in [0.25, 0.3) is 0 Å². The predicted molar refractivity (Wildman–Crippen MR) is 85.1 cm³/mol. The van der Waals surface area contributed by atoms with E-state index in [2.05, 4.69) is 31.0 Å². The Kier molecular flexibility index (Phi) is 6.79. The van der Waals surface area contributed by atoms with Crippen LogP contribution in [0.2, 0.25) is 0 Å². The van der Waals surface area contributed by atoms with Crippen LogP contribution in [0.25, 0.3) is 0 Å². The predicted octanol–water partition coefficient (Wildman–Crippen LogP) is 3.04. The molecule has 1 unspecified atom stereocenters. The number of hydrogen-bond acceptors (Lipinski definition) is 3. The maximum Gasteiger partial charge on any atom is 0.0678 e. The zero-order valence-corrected chi connectivity index (χ0v) is 13.7. The summed E-state index contributed by atoms with van der Waals surface area (Å²) in [4.78, 5) is 2.63. The maximum atomic E-state index is 5.86. The van der Waals surface area contributed by atoms with E-state index in [1.165, 1.54) is 45.1 Å². The van der Waals surface area contributed by atoms with Crippen molar-refractivity contribution >= 4 is 0 Å². The van der Waals surface area contributed by atoms with Crippen molar-refractivity contribution in [2.75, 3.05) is 26.2 Å². The van der Waals surface area contributed by atoms with Gasteiger partial charge in [-0.15, -0.1) is 0 Å². The van der Waals surface area contributed by atoms with Crippen molar-refractivity contribution in [3.05, 3.63) is 0 Å². The molecular formula is C17H34N2O. The van der Waals surface area contributed by atoms with Crippen molar-refractivity contribution in [3.8, 4) is 0 Å². The number of morpholine rings is 1. The van der Waals surface area contributed by atoms with Gasteiger partial charge in [0.05, 0.1) is 12.2 Å². The molecule has 3 heteroatoms. The van der Waals surface area contributed by atoms with Gasteiger partial charge in [0, 0.05) is 25.7 Å². The molecule has 0 aromatic rings. The molecule has 2 rings (SSSR count). The molecule has 3 nitrogen and oxygen atoms in total. The van der Waals surface area contributed by atoms with Crippen molar-refractivity contribution in [1.82, 2.24) is 10.2 Å². The van der Waals surface area contributed by atoms with Crippen LogP contribution in [-0.4, -0.2) is 49.3 Å². The Morgan fingerprint density at radius 1 is 1.10 bits per heavy atom. The summed E-state index contributed by atoms with van der Waals surface area (Å²) in [7, 11) is 0. The van der Waals surface area contributed by atoms with Gasteiger partial charge in [0.15, 0.2) is 0 Å². The van der Waals surface area contributed by atoms with Crippen LogP contribution in [0.1, 0.15) is 59.3 Å². The lowest BCUT2D eigenvalue weighted by atomic mass is 9.83. The van der Waals surface area contributed by atoms with Crippen molar-refractivity contribution in [1.29, 1.82) is 0 Å². The summed E-state index contributed by atoms with van der Waals surface area (Å²) in [6, 6.07) is 0.688. The number of rotatable bonds is 6. The summed E-state index contributed by atoms with van der Waals surface area (Å²) in [6.07, 6.45) is 9.18. The first-order valence-corrected chi connectivity index (χ1v) is 8.80. The van der Waals surface area contributed by atoms with Crippen molar-refractivity contribution in [3.63, 3.8) is 0 Å². The zero-order chi connectivity index (χ0) is 14.4. The normalized spacial score (nSPS) is 31.4. The molecule has 20 heavy (non-hydrogen) atoms. The molecule has 1 heterocycles. The smallest absolute Gasteiger partial charge is 0.0678 e. The Morgan fingerprint density at radius 3 is 2.35 bits per heavy atom. The van der Waals surface area contributed by atoms with Gasteiger partial charge >= 0.3 is 0 Å². The first kappa shape index (κ1) is 16.3. The topological polar surface area (TPSA) is 24.5 Å². The fourth-order valence-corrected chi connectivity index (χ4v) is 3.96. The van der Waals surface area contributed by atoms with Crippen LogP contribution in [-0.2, 0) is 4.74 Å². The molecule has 0 spiro atoms. The van der Waals surface area contributed by atoms with Gasteiger partial charge in [-0.3, -0.25) is 4.90 Å². The molecule has 0 bridgehead atoms. The minimum atomic E-state index is 0.386. The van der Waals surface area contributed by atoms with Crippen molar-refractivity contribution in [2.24, 2.45) is 5.92 Å². The third kappa shape index (κ3) is 5.01. The second kappa shape index (κ2) is 8.35. The fraction of sp³-hybridized carbons (Fsp3) is 1.00. The van der Waals surface area contributed by atoms with E-state index in [0.717, 1.165) is 25.6 Å². The van der Waals surface area contributed by atoms with Crippen molar-refractivity contribution < 1.29 is 4.74 Å². The molecule has 2 fully saturated rings. The summed E-state index contributed by atoms with van der Waals surface area (Å²) in [5.41, 5.74) is 0. The molecule has 1 saturated heterocycles. The van der Waals surface area contributed by atoms with Crippen LogP contribution in [0.15, 0.2) is 0 Å². The molecule has 0 radical (unpaired) electrons. The Morgan fingerprint density at radius 2 is 1.75 bits per heavy atom. The molecule has 1 saturated carbocycles. The molecule has 0 aromatic carbocycles. The lowest BCUT2D eigenvalue weighted by Gasteiger charge is -2.40. The van der Waals surface area contributed by atoms with Gasteiger partial charge in [0.2, 0.25) is 0 Å². The molecule has 1 aliphatic heterocycles. The van der Waals surface area contributed by atoms with Crippen LogP contribution >= 0.6 is 0 Å². The Labute approximate surface area is 125 Å². The van der Waals surface area contributed by atoms with E-state index in [1.54, 1.807) is 0 Å². The highest BCUT2D eigenvalue weighted by Gasteiger charge is 2.28. The summed E-state index contributed by atoms with van der Waals surface area (Å²) in [5, 5.41) is 3.83. The standard InChI is InChI=1S/C17H34N2O/c1-4-10-18-17(16-8-6-5-7-9-16)13-19-11-14(2)20-15(3)12-19/h14-18H,4-13H2,1-3H3/t14-,15+,17?. The lowest BCUT2D eigenvalue weighted by Crippen LogP contribution is -2.52. The highest BCUT2D eigenvalue weighted by molar-refractivity contribution is 4.84. The molecule has 0 amide bonds. The average Bonchev–Trinajstić information content (AvgIpc) is 2.43. The van der Waals surface area contributed by atoms with Crippen LogP contribution in [0.3, 0.4) is 0 Å². The minimum Gasteiger partial charge on any atom is -0.373 e. The first-order chi connectivity index (χ1) is 9.69. The fourth-order valence-electron chi connectivity index (χ4n) is 3.96. The Hall–Kier alpha value is -0.120. The van der Waals surface area contributed by atoms with E-state index in [1.807, 2.05) is 0 Å². The largest absolute Gasteiger partial charge is 0.373 e. The highest BCUT2D eigenvalue weighted by Crippen LogP contribution is 2.27. The van der Waals surface area contributed by atoms with Crippen LogP contribution < -0.4 is 5.32 Å². The Bertz CT molecular complexity index is 256. The van der Waals surface area contributed by atoms with Crippen LogP contribution in [0.4, 0.5) is 0 Å². The van der Waals surface area contributed by atoms with Gasteiger partial charge in [-0.25, -0.2) is 0 Å². The van der Waals surface area contributed by atoms with Crippen LogP contribution in [0, 0.1) is 5.92 Å². The molecular weight excluding hydrogens is 248 g/mol. The second-order valence-corrected chi connectivity index (χ2v) is 6.93. The molecule has 1 aliphatic carbocycles. The molecule has 0 aromatic heterocycles. The summed E-state index contributed by atoms with van der Waals surface area (Å²) >= 11 is 0. The molecule has 1 N–H and O–H groups in total. The first-order valence-electron chi connectivity index (χ1n) is 8.80. The summed E-state index contributed by atoms with van der Waals surface area (Å²) < 4.78 is 5.86. The molecule has 118 valence electrons. The number of nitrogens with one attached hydrogen (secondary N) is 1. The van der Waals surface area contributed by atoms with E-state index in [-0.39, 0.29) is 0 Å². The zero-order valence-electron chi connectivity index (χ0n) is 13.7. The molecule has 2 aliphatic rings. The number of nitrogens with zero attached hydrogens (tertiary/aromatic N) is 1. The third-order valence-corrected chi connectivity index (χ3v) is 4.83. The summed E-state index contributed by atoms with van der Waals surface area (Å²) in [5.74, 6) is 0.892. The maximum absolute atomic E-state index is 5.86. The number of ether oxygens (including phenoxy) is 1. The average molecular weight is 282 g/mol. The monoisotopic (exact) mass is 282 g/mol. The minimum absolute atomic E-state index is 0.386.